The largest absolute Gasteiger partial charge is 0.451 e. The minimum Gasteiger partial charge on any atom is -0.451 e. The summed E-state index contributed by atoms with van der Waals surface area (Å²) in [4.78, 5) is 27.0. The minimum atomic E-state index is -0.554. The lowest BCUT2D eigenvalue weighted by Crippen LogP contribution is -2.53. The summed E-state index contributed by atoms with van der Waals surface area (Å²) in [5.41, 5.74) is 1.01. The van der Waals surface area contributed by atoms with Gasteiger partial charge in [-0.2, -0.15) is 5.10 Å². The number of carbonyl (C=O) groups is 2. The number of rotatable bonds is 3. The molecule has 2 aliphatic rings. The summed E-state index contributed by atoms with van der Waals surface area (Å²) in [7, 11) is 0. The predicted molar refractivity (Wildman–Crippen MR) is 97.6 cm³/mol. The van der Waals surface area contributed by atoms with Gasteiger partial charge < -0.3 is 9.64 Å². The van der Waals surface area contributed by atoms with E-state index in [0.717, 1.165) is 24.9 Å². The average Bonchev–Trinajstić information content (AvgIpc) is 3.10. The first-order chi connectivity index (χ1) is 12.6. The highest BCUT2D eigenvalue weighted by atomic mass is 16.5. The SMILES string of the molecule is C[C@@H]1CCN(C(=O)COC(=O)c2n[nH]c3ccccc23)[C@H]2CCCC[C@@H]12. The number of carbonyl (C=O) groups excluding carboxylic acids is 2. The van der Waals surface area contributed by atoms with E-state index >= 15 is 0 Å². The summed E-state index contributed by atoms with van der Waals surface area (Å²) >= 11 is 0. The molecule has 6 nitrogen and oxygen atoms in total. The van der Waals surface area contributed by atoms with Gasteiger partial charge in [-0.15, -0.1) is 0 Å². The Morgan fingerprint density at radius 2 is 2.04 bits per heavy atom. The van der Waals surface area contributed by atoms with Gasteiger partial charge in [0.2, 0.25) is 0 Å². The topological polar surface area (TPSA) is 75.3 Å². The van der Waals surface area contributed by atoms with Gasteiger partial charge in [-0.3, -0.25) is 9.89 Å². The zero-order valence-electron chi connectivity index (χ0n) is 15.1. The fraction of sp³-hybridized carbons (Fsp3) is 0.550. The van der Waals surface area contributed by atoms with Crippen LogP contribution in [-0.4, -0.2) is 46.2 Å². The van der Waals surface area contributed by atoms with Gasteiger partial charge in [0.25, 0.3) is 5.91 Å². The van der Waals surface area contributed by atoms with Crippen molar-refractivity contribution in [1.82, 2.24) is 15.1 Å². The van der Waals surface area contributed by atoms with Crippen molar-refractivity contribution in [2.24, 2.45) is 11.8 Å². The van der Waals surface area contributed by atoms with E-state index < -0.39 is 5.97 Å². The van der Waals surface area contributed by atoms with Gasteiger partial charge in [0.1, 0.15) is 0 Å². The van der Waals surface area contributed by atoms with E-state index in [-0.39, 0.29) is 18.2 Å². The highest BCUT2D eigenvalue weighted by molar-refractivity contribution is 6.02. The van der Waals surface area contributed by atoms with E-state index in [1.165, 1.54) is 19.3 Å². The third kappa shape index (κ3) is 3.08. The Bertz CT molecular complexity index is 815. The lowest BCUT2D eigenvalue weighted by Gasteiger charge is -2.47. The number of para-hydroxylation sites is 1. The van der Waals surface area contributed by atoms with Crippen LogP contribution >= 0.6 is 0 Å². The van der Waals surface area contributed by atoms with Crippen molar-refractivity contribution < 1.29 is 14.3 Å². The van der Waals surface area contributed by atoms with Crippen LogP contribution in [0.5, 0.6) is 0 Å². The Kier molecular flexibility index (Phi) is 4.66. The molecule has 1 N–H and O–H groups in total. The van der Waals surface area contributed by atoms with Gasteiger partial charge in [0.15, 0.2) is 12.3 Å². The highest BCUT2D eigenvalue weighted by Gasteiger charge is 2.39. The first-order valence-electron chi connectivity index (χ1n) is 9.55. The number of hydrogen-bond donors (Lipinski definition) is 1. The molecule has 1 aromatic carbocycles. The van der Waals surface area contributed by atoms with Crippen molar-refractivity contribution in [3.05, 3.63) is 30.0 Å². The van der Waals surface area contributed by atoms with Crippen LogP contribution in [0.15, 0.2) is 24.3 Å². The molecule has 1 amide bonds. The normalized spacial score (nSPS) is 25.7. The smallest absolute Gasteiger partial charge is 0.359 e. The van der Waals surface area contributed by atoms with E-state index in [9.17, 15) is 9.59 Å². The monoisotopic (exact) mass is 355 g/mol. The first-order valence-corrected chi connectivity index (χ1v) is 9.55. The number of hydrogen-bond acceptors (Lipinski definition) is 4. The maximum absolute atomic E-state index is 12.7. The van der Waals surface area contributed by atoms with Gasteiger partial charge in [-0.05, 0) is 37.2 Å². The molecule has 138 valence electrons. The van der Waals surface area contributed by atoms with Crippen LogP contribution < -0.4 is 0 Å². The van der Waals surface area contributed by atoms with Crippen molar-refractivity contribution in [2.75, 3.05) is 13.2 Å². The molecule has 1 saturated heterocycles. The second-order valence-electron chi connectivity index (χ2n) is 7.56. The number of piperidine rings is 1. The Morgan fingerprint density at radius 1 is 1.23 bits per heavy atom. The lowest BCUT2D eigenvalue weighted by molar-refractivity contribution is -0.142. The van der Waals surface area contributed by atoms with E-state index in [1.807, 2.05) is 29.2 Å². The second kappa shape index (κ2) is 7.09. The van der Waals surface area contributed by atoms with E-state index in [0.29, 0.717) is 23.3 Å². The quantitative estimate of drug-likeness (QED) is 0.858. The van der Waals surface area contributed by atoms with Gasteiger partial charge in [-0.25, -0.2) is 4.79 Å². The summed E-state index contributed by atoms with van der Waals surface area (Å²) in [6.45, 7) is 2.86. The van der Waals surface area contributed by atoms with Gasteiger partial charge in [-0.1, -0.05) is 38.0 Å². The second-order valence-corrected chi connectivity index (χ2v) is 7.56. The van der Waals surface area contributed by atoms with Crippen LogP contribution in [0.3, 0.4) is 0 Å². The molecule has 0 unspecified atom stereocenters. The molecule has 4 rings (SSSR count). The molecular weight excluding hydrogens is 330 g/mol. The zero-order chi connectivity index (χ0) is 18.1. The molecule has 1 aliphatic carbocycles. The zero-order valence-corrected chi connectivity index (χ0v) is 15.1. The van der Waals surface area contributed by atoms with Crippen molar-refractivity contribution in [2.45, 2.75) is 45.1 Å². The van der Waals surface area contributed by atoms with Crippen molar-refractivity contribution in [3.63, 3.8) is 0 Å². The fourth-order valence-electron chi connectivity index (χ4n) is 4.62. The number of benzene rings is 1. The molecule has 2 aromatic rings. The first kappa shape index (κ1) is 17.1. The van der Waals surface area contributed by atoms with E-state index in [4.69, 9.17) is 4.74 Å². The molecule has 26 heavy (non-hydrogen) atoms. The number of esters is 1. The van der Waals surface area contributed by atoms with Gasteiger partial charge in [0.05, 0.1) is 5.52 Å². The summed E-state index contributed by atoms with van der Waals surface area (Å²) in [6.07, 6.45) is 5.74. The molecule has 1 aromatic heterocycles. The Morgan fingerprint density at radius 3 is 2.92 bits per heavy atom. The van der Waals surface area contributed by atoms with Crippen LogP contribution in [-0.2, 0) is 9.53 Å². The summed E-state index contributed by atoms with van der Waals surface area (Å²) in [6, 6.07) is 7.69. The highest BCUT2D eigenvalue weighted by Crippen LogP contribution is 2.38. The molecule has 2 heterocycles. The Balaban J connectivity index is 1.41. The Labute approximate surface area is 152 Å². The third-order valence-electron chi connectivity index (χ3n) is 6.05. The predicted octanol–water partition coefficient (Wildman–Crippen LogP) is 3.15. The third-order valence-corrected chi connectivity index (χ3v) is 6.05. The standard InChI is InChI=1S/C20H25N3O3/c1-13-10-11-23(17-9-5-3-6-14(13)17)18(24)12-26-20(25)19-15-7-2-4-8-16(15)21-22-19/h2,4,7-8,13-14,17H,3,5-6,9-12H2,1H3,(H,21,22)/t13-,14+,17+/m1/s1. The maximum Gasteiger partial charge on any atom is 0.359 e. The number of fused-ring (bicyclic) bond motifs is 2. The Hall–Kier alpha value is -2.37. The molecule has 1 aliphatic heterocycles. The van der Waals surface area contributed by atoms with Gasteiger partial charge >= 0.3 is 5.97 Å². The number of nitrogens with one attached hydrogen (secondary N) is 1. The lowest BCUT2D eigenvalue weighted by atomic mass is 9.72. The molecule has 0 spiro atoms. The average molecular weight is 355 g/mol. The molecule has 6 heteroatoms. The van der Waals surface area contributed by atoms with Gasteiger partial charge in [0, 0.05) is 18.0 Å². The summed E-state index contributed by atoms with van der Waals surface area (Å²) in [5, 5.41) is 7.56. The van der Waals surface area contributed by atoms with Crippen molar-refractivity contribution in [3.8, 4) is 0 Å². The number of aromatic nitrogens is 2. The molecule has 2 fully saturated rings. The van der Waals surface area contributed by atoms with E-state index in [2.05, 4.69) is 17.1 Å². The van der Waals surface area contributed by atoms with Crippen LogP contribution in [0.2, 0.25) is 0 Å². The number of amides is 1. The van der Waals surface area contributed by atoms with Crippen LogP contribution in [0, 0.1) is 11.8 Å². The number of H-pyrrole nitrogens is 1. The van der Waals surface area contributed by atoms with Crippen LogP contribution in [0.25, 0.3) is 10.9 Å². The number of likely N-dealkylation sites (tertiary alicyclic amines) is 1. The minimum absolute atomic E-state index is 0.0815. The van der Waals surface area contributed by atoms with Crippen molar-refractivity contribution >= 4 is 22.8 Å². The maximum atomic E-state index is 12.7. The summed E-state index contributed by atoms with van der Waals surface area (Å²) < 4.78 is 5.30. The van der Waals surface area contributed by atoms with Crippen molar-refractivity contribution in [1.29, 1.82) is 0 Å². The fourth-order valence-corrected chi connectivity index (χ4v) is 4.62. The van der Waals surface area contributed by atoms with Crippen LogP contribution in [0.4, 0.5) is 0 Å². The molecule has 0 radical (unpaired) electrons. The van der Waals surface area contributed by atoms with E-state index in [1.54, 1.807) is 0 Å². The number of ether oxygens (including phenoxy) is 1. The number of nitrogens with zero attached hydrogens (tertiary/aromatic N) is 2. The summed E-state index contributed by atoms with van der Waals surface area (Å²) in [5.74, 6) is 0.623. The number of aromatic amines is 1. The molecule has 1 saturated carbocycles. The molecule has 3 atom stereocenters. The molecular formula is C20H25N3O3. The molecule has 0 bridgehead atoms. The van der Waals surface area contributed by atoms with Crippen LogP contribution in [0.1, 0.15) is 49.5 Å².